The molecule has 5 heterocycles. The van der Waals surface area contributed by atoms with Gasteiger partial charge in [0.2, 0.25) is 0 Å². The number of ether oxygens (including phenoxy) is 8. The number of rotatable bonds is 23. The molecule has 0 amide bonds. The van der Waals surface area contributed by atoms with Gasteiger partial charge in [0.15, 0.2) is 6.29 Å². The molecule has 14 aromatic rings. The summed E-state index contributed by atoms with van der Waals surface area (Å²) in [5, 5.41) is 8.03. The monoisotopic (exact) mass is 2040 g/mol. The minimum Gasteiger partial charge on any atom is -0.497 e. The van der Waals surface area contributed by atoms with Gasteiger partial charge in [-0.2, -0.15) is 9.59 Å². The Hall–Kier alpha value is -11.2. The molecule has 22 nitrogen and oxygen atoms in total. The number of benzene rings is 9. The van der Waals surface area contributed by atoms with Crippen molar-refractivity contribution >= 4 is 97.1 Å². The number of methoxy groups -OCH3 is 8. The first kappa shape index (κ1) is 105. The minimum atomic E-state index is -0.453. The molecule has 0 aliphatic carbocycles. The van der Waals surface area contributed by atoms with Crippen LogP contribution in [-0.2, 0) is 145 Å². The van der Waals surface area contributed by atoms with Crippen molar-refractivity contribution in [1.29, 1.82) is 0 Å². The van der Waals surface area contributed by atoms with Crippen LogP contribution in [0.1, 0.15) is 204 Å². The van der Waals surface area contributed by atoms with Crippen molar-refractivity contribution < 1.29 is 171 Å². The molecule has 14 rings (SSSR count). The predicted octanol–water partition coefficient (Wildman–Crippen LogP) is 24.1. The molecular formula is C101H144N6O16VWY. The SMILES string of the molecule is C.C.CC.CC.CC.CC.CC.CCNCCc1cn(Cc2ccc(OC)cc2)c2cccc(C)c12.COC(=O)c1cccc2[nH]ccc12.COC(=O)c1cccc2c1c(C=O)cn2Cc1ccc(OC)cc1.COC(=O)c1cccc2c1c(CC=O)cn2Cc1ccc(OC)cc1.COC(=O)c1cccc2c1ccn2Cc1ccc(OC)cc1.O=C=O.[2HH].[2HH].[2HH].[2H][2H].[2H][2H].[2H][2H].[2H][2H].[2H][2H].[2H][2H].[V].[W].[Y]. The zero-order chi connectivity index (χ0) is 101. The van der Waals surface area contributed by atoms with Crippen molar-refractivity contribution in [2.75, 3.05) is 70.0 Å². The number of H-pyrrole nitrogens is 1. The maximum absolute atomic E-state index is 12.1. The number of aryl methyl sites for hydroxylation is 1. The van der Waals surface area contributed by atoms with Crippen LogP contribution in [0.5, 0.6) is 23.0 Å². The maximum Gasteiger partial charge on any atom is 0.373 e. The molecule has 2 radical (unpaired) electrons. The molecule has 0 saturated carbocycles. The van der Waals surface area contributed by atoms with Crippen molar-refractivity contribution in [2.45, 2.75) is 137 Å². The standard InChI is InChI=1S/C21H26N2O.C20H19NO4.C19H17NO4.C18H17NO3.C10H9NO2.5C2H6.CO2.2CH4.V.W.Y.9H2/c1-4-22-13-12-18-15-23(20-7-5-6-16(2)21(18)20)14-17-8-10-19(24-3)11-9-17;1-24-16-8-6-14(7-9-16)12-21-13-15(10-11-22)19-17(20(23)25-2)4-3-5-18(19)21;1-23-15-8-6-13(7-9-15)10-20-11-14(12-21)18-16(19(22)24-2)4-3-5-17(18)20;1-21-14-8-6-13(7-9-14)12-19-11-10-15-16(18(20)22-2)4-3-5-17(15)19;1-13-10(12)8-3-2-4-9-7(8)5-6-11-9;5*1-2;2-1-3;;;;;;;;;;;;;;/h5-11,15,22H,4,12-14H2,1-3H3;3-9,11,13H,10,12H2,1-2H3;3-9,11-12H,10H2,1-2H3;3-11H,12H2,1-2H3;2-6,11H,1H3;5*1-2H3;;2*1H4;;;;9*1H/i;;;;;;;;;;;;;;;;6*1+1D;3*1+1. The molecule has 688 valence electrons. The first-order valence-corrected chi connectivity index (χ1v) is 40.4. The molecule has 2 N–H and O–H groups in total. The third kappa shape index (κ3) is 32.7. The zero-order valence-electron chi connectivity index (χ0n) is 87.0. The van der Waals surface area contributed by atoms with Gasteiger partial charge < -0.3 is 71.3 Å². The number of esters is 4. The number of nitrogens with zero attached hydrogens (tertiary/aromatic N) is 4. The third-order valence-corrected chi connectivity index (χ3v) is 18.4. The summed E-state index contributed by atoms with van der Waals surface area (Å²) < 4.78 is 108. The van der Waals surface area contributed by atoms with E-state index in [1.165, 1.54) is 61.6 Å². The Labute approximate surface area is 818 Å². The van der Waals surface area contributed by atoms with Crippen LogP contribution in [0.2, 0.25) is 0 Å². The van der Waals surface area contributed by atoms with Crippen molar-refractivity contribution in [2.24, 2.45) is 0 Å². The van der Waals surface area contributed by atoms with Crippen molar-refractivity contribution in [3.05, 3.63) is 298 Å². The number of aromatic amines is 1. The Morgan fingerprint density at radius 1 is 0.429 bits per heavy atom. The number of fused-ring (bicyclic) bond motifs is 5. The van der Waals surface area contributed by atoms with Crippen LogP contribution in [0, 0.1) is 6.92 Å². The molecule has 5 aromatic heterocycles. The number of carbonyl (C=O) groups is 6. The molecule has 0 saturated heterocycles. The fourth-order valence-electron chi connectivity index (χ4n) is 13.1. The number of nitrogens with one attached hydrogen (secondary N) is 2. The molecule has 0 atom stereocenters. The summed E-state index contributed by atoms with van der Waals surface area (Å²) in [5.41, 5.74) is 15.7. The van der Waals surface area contributed by atoms with Gasteiger partial charge >= 0.3 is 30.0 Å². The second-order valence-corrected chi connectivity index (χ2v) is 25.1. The average molecular weight is 2040 g/mol. The van der Waals surface area contributed by atoms with E-state index in [0.29, 0.717) is 46.3 Å². The second-order valence-electron chi connectivity index (χ2n) is 25.1. The Balaban J connectivity index is -0.000000156. The van der Waals surface area contributed by atoms with E-state index in [4.69, 9.17) is 60.6 Å². The van der Waals surface area contributed by atoms with E-state index in [2.05, 4.69) is 74.5 Å². The molecule has 9 aromatic carbocycles. The van der Waals surface area contributed by atoms with Crippen LogP contribution in [0.4, 0.5) is 0 Å². The van der Waals surface area contributed by atoms with Gasteiger partial charge in [-0.15, -0.1) is 0 Å². The molecule has 0 bridgehead atoms. The molecule has 0 aliphatic heterocycles. The maximum atomic E-state index is 12.1. The van der Waals surface area contributed by atoms with E-state index in [9.17, 15) is 28.8 Å². The van der Waals surface area contributed by atoms with Crippen molar-refractivity contribution in [3.8, 4) is 23.0 Å². The first-order chi connectivity index (χ1) is 65.0. The molecule has 0 fully saturated rings. The summed E-state index contributed by atoms with van der Waals surface area (Å²) in [6, 6.07) is 64.2. The third-order valence-electron chi connectivity index (χ3n) is 18.4. The van der Waals surface area contributed by atoms with E-state index in [1.54, 1.807) is 71.2 Å². The number of aldehydes is 2. The van der Waals surface area contributed by atoms with Crippen LogP contribution < -0.4 is 24.3 Å². The Morgan fingerprint density at radius 3 is 1.17 bits per heavy atom. The van der Waals surface area contributed by atoms with Gasteiger partial charge in [-0.05, 0) is 181 Å². The topological polar surface area (TPSA) is 258 Å². The zero-order valence-corrected chi connectivity index (χ0v) is 82.2. The number of likely N-dealkylation sites (N-methyl/N-ethyl adjacent to an activating group) is 1. The van der Waals surface area contributed by atoms with E-state index in [1.807, 2.05) is 230 Å². The van der Waals surface area contributed by atoms with Crippen LogP contribution in [0.25, 0.3) is 54.5 Å². The summed E-state index contributed by atoms with van der Waals surface area (Å²) >= 11 is 0. The predicted molar refractivity (Wildman–Crippen MR) is 516 cm³/mol. The van der Waals surface area contributed by atoms with Gasteiger partial charge in [-0.3, -0.25) is 4.79 Å². The summed E-state index contributed by atoms with van der Waals surface area (Å²) in [6.07, 6.45) is 13.0. The van der Waals surface area contributed by atoms with Gasteiger partial charge in [0, 0.05) is 218 Å². The number of hydrogen-bond donors (Lipinski definition) is 2. The van der Waals surface area contributed by atoms with Gasteiger partial charge in [-0.1, -0.05) is 176 Å². The molecular weight excluding hydrogens is 1880 g/mol. The van der Waals surface area contributed by atoms with Crippen LogP contribution in [-0.4, -0.2) is 136 Å². The molecule has 0 spiro atoms. The van der Waals surface area contributed by atoms with Crippen LogP contribution >= 0.6 is 0 Å². The average Bonchev–Trinajstić information content (AvgIpc) is 1.64. The van der Waals surface area contributed by atoms with Gasteiger partial charge in [-0.25, -0.2) is 19.2 Å². The molecule has 126 heavy (non-hydrogen) atoms. The van der Waals surface area contributed by atoms with Crippen LogP contribution in [0.3, 0.4) is 0 Å². The molecule has 0 unspecified atom stereocenters. The first-order valence-electron chi connectivity index (χ1n) is 46.4. The van der Waals surface area contributed by atoms with Gasteiger partial charge in [0.1, 0.15) is 29.3 Å². The summed E-state index contributed by atoms with van der Waals surface area (Å²) in [4.78, 5) is 89.0. The van der Waals surface area contributed by atoms with Gasteiger partial charge in [0.25, 0.3) is 0 Å². The fraction of sp³-hybridized carbons (Fsp3) is 0.297. The Bertz CT molecular complexity index is 5610. The summed E-state index contributed by atoms with van der Waals surface area (Å²) in [5.74, 6) is 1.87. The van der Waals surface area contributed by atoms with E-state index >= 15 is 0 Å². The quantitative estimate of drug-likeness (QED) is 0.0261. The number of hydrogen-bond acceptors (Lipinski definition) is 17. The van der Waals surface area contributed by atoms with E-state index < -0.39 is 11.9 Å². The second kappa shape index (κ2) is 64.5. The molecule has 25 heteroatoms. The van der Waals surface area contributed by atoms with E-state index in [-0.39, 0.29) is 116 Å². The van der Waals surface area contributed by atoms with Crippen LogP contribution in [0.15, 0.2) is 231 Å². The fourth-order valence-corrected chi connectivity index (χ4v) is 13.1. The Kier molecular flexibility index (Phi) is 54.0. The van der Waals surface area contributed by atoms with Crippen molar-refractivity contribution in [1.82, 2.24) is 28.6 Å². The summed E-state index contributed by atoms with van der Waals surface area (Å²) in [6.45, 7) is 29.2. The smallest absolute Gasteiger partial charge is 0.373 e. The van der Waals surface area contributed by atoms with Gasteiger partial charge in [0.05, 0.1) is 79.1 Å². The summed E-state index contributed by atoms with van der Waals surface area (Å²) in [7, 11) is 12.1. The number of carbonyl (C=O) groups excluding carboxylic acids is 8. The van der Waals surface area contributed by atoms with Crippen molar-refractivity contribution in [3.63, 3.8) is 0 Å². The largest absolute Gasteiger partial charge is 0.497 e. The van der Waals surface area contributed by atoms with E-state index in [0.717, 1.165) is 123 Å². The minimum absolute atomic E-state index is 0. The Morgan fingerprint density at radius 2 is 0.770 bits per heavy atom. The number of aromatic nitrogens is 5. The normalized spacial score (nSPS) is 9.84. The molecule has 0 aliphatic rings.